The molecule has 106 valence electrons. The molecule has 0 saturated carbocycles. The average Bonchev–Trinajstić information content (AvgIpc) is 2.64. The lowest BCUT2D eigenvalue weighted by molar-refractivity contribution is 0.521. The second kappa shape index (κ2) is 7.49. The van der Waals surface area contributed by atoms with E-state index >= 15 is 0 Å². The van der Waals surface area contributed by atoms with Crippen LogP contribution in [0.4, 0.5) is 5.82 Å². The summed E-state index contributed by atoms with van der Waals surface area (Å²) in [6, 6.07) is 6.41. The highest BCUT2D eigenvalue weighted by molar-refractivity contribution is 5.39. The van der Waals surface area contributed by atoms with Crippen molar-refractivity contribution in [2.24, 2.45) is 5.92 Å². The lowest BCUT2D eigenvalue weighted by atomic mass is 10.0. The van der Waals surface area contributed by atoms with Gasteiger partial charge in [0.2, 0.25) is 0 Å². The summed E-state index contributed by atoms with van der Waals surface area (Å²) in [7, 11) is 0. The summed E-state index contributed by atoms with van der Waals surface area (Å²) in [5.74, 6) is 2.02. The molecule has 1 aromatic rings. The quantitative estimate of drug-likeness (QED) is 0.825. The number of nitrogens with zero attached hydrogens (tertiary/aromatic N) is 2. The summed E-state index contributed by atoms with van der Waals surface area (Å²) in [6.07, 6.45) is 5.11. The Hall–Kier alpha value is -1.09. The number of hydrogen-bond acceptors (Lipinski definition) is 3. The molecule has 0 bridgehead atoms. The monoisotopic (exact) mass is 261 g/mol. The van der Waals surface area contributed by atoms with Crippen molar-refractivity contribution in [3.63, 3.8) is 0 Å². The summed E-state index contributed by atoms with van der Waals surface area (Å²) >= 11 is 0. The largest absolute Gasteiger partial charge is 0.357 e. The molecule has 1 aliphatic heterocycles. The van der Waals surface area contributed by atoms with Gasteiger partial charge in [-0.1, -0.05) is 19.9 Å². The maximum Gasteiger partial charge on any atom is 0.128 e. The van der Waals surface area contributed by atoms with E-state index in [0.717, 1.165) is 43.6 Å². The second-order valence-electron chi connectivity index (χ2n) is 5.69. The fourth-order valence-electron chi connectivity index (χ4n) is 2.63. The van der Waals surface area contributed by atoms with E-state index in [1.165, 1.54) is 25.7 Å². The predicted octanol–water partition coefficient (Wildman–Crippen LogP) is 3.21. The maximum atomic E-state index is 4.80. The van der Waals surface area contributed by atoms with Crippen LogP contribution in [0.2, 0.25) is 0 Å². The van der Waals surface area contributed by atoms with Crippen molar-refractivity contribution in [3.05, 3.63) is 23.9 Å². The Morgan fingerprint density at radius 2 is 2.21 bits per heavy atom. The van der Waals surface area contributed by atoms with Gasteiger partial charge in [0.15, 0.2) is 0 Å². The van der Waals surface area contributed by atoms with Gasteiger partial charge < -0.3 is 10.2 Å². The van der Waals surface area contributed by atoms with Gasteiger partial charge >= 0.3 is 0 Å². The maximum absolute atomic E-state index is 4.80. The molecule has 1 saturated heterocycles. The Morgan fingerprint density at radius 3 is 3.05 bits per heavy atom. The lowest BCUT2D eigenvalue weighted by Crippen LogP contribution is -2.25. The number of anilines is 1. The van der Waals surface area contributed by atoms with Crippen molar-refractivity contribution < 1.29 is 0 Å². The normalized spacial score (nSPS) is 20.3. The van der Waals surface area contributed by atoms with Crippen LogP contribution in [0.25, 0.3) is 0 Å². The molecule has 3 heteroatoms. The predicted molar refractivity (Wildman–Crippen MR) is 81.5 cm³/mol. The summed E-state index contributed by atoms with van der Waals surface area (Å²) in [5, 5.41) is 3.42. The molecular formula is C16H27N3. The third-order valence-corrected chi connectivity index (χ3v) is 3.87. The molecule has 1 aliphatic rings. The van der Waals surface area contributed by atoms with Gasteiger partial charge in [-0.15, -0.1) is 0 Å². The first-order valence-electron chi connectivity index (χ1n) is 7.71. The lowest BCUT2D eigenvalue weighted by Gasteiger charge is -2.22. The van der Waals surface area contributed by atoms with Crippen LogP contribution in [0.1, 0.15) is 45.2 Å². The van der Waals surface area contributed by atoms with Crippen LogP contribution in [0.5, 0.6) is 0 Å². The highest BCUT2D eigenvalue weighted by atomic mass is 15.2. The van der Waals surface area contributed by atoms with Crippen LogP contribution in [-0.2, 0) is 6.54 Å². The molecule has 3 nitrogen and oxygen atoms in total. The van der Waals surface area contributed by atoms with Gasteiger partial charge in [0.25, 0.3) is 0 Å². The van der Waals surface area contributed by atoms with E-state index < -0.39 is 0 Å². The minimum absolute atomic E-state index is 0.861. The van der Waals surface area contributed by atoms with E-state index in [9.17, 15) is 0 Å². The molecule has 0 aromatic carbocycles. The molecule has 1 unspecified atom stereocenters. The van der Waals surface area contributed by atoms with Gasteiger partial charge in [0.1, 0.15) is 5.82 Å². The second-order valence-corrected chi connectivity index (χ2v) is 5.69. The van der Waals surface area contributed by atoms with Crippen molar-refractivity contribution in [2.45, 2.75) is 46.1 Å². The highest BCUT2D eigenvalue weighted by Gasteiger charge is 2.15. The van der Waals surface area contributed by atoms with Gasteiger partial charge in [0, 0.05) is 19.6 Å². The topological polar surface area (TPSA) is 28.2 Å². The summed E-state index contributed by atoms with van der Waals surface area (Å²) in [4.78, 5) is 7.25. The number of pyridine rings is 1. The average molecular weight is 261 g/mol. The van der Waals surface area contributed by atoms with Crippen LogP contribution in [-0.4, -0.2) is 24.6 Å². The standard InChI is InChI=1S/C16H27N3/c1-3-10-17-13-15-7-4-8-16(18-15)19-11-5-6-14(2)9-12-19/h4,7-8,14,17H,3,5-6,9-13H2,1-2H3. The molecule has 0 spiro atoms. The molecule has 0 amide bonds. The van der Waals surface area contributed by atoms with Crippen molar-refractivity contribution >= 4 is 5.82 Å². The molecule has 2 heterocycles. The molecule has 1 aromatic heterocycles. The van der Waals surface area contributed by atoms with Gasteiger partial charge in [-0.3, -0.25) is 0 Å². The summed E-state index contributed by atoms with van der Waals surface area (Å²) in [5.41, 5.74) is 1.16. The van der Waals surface area contributed by atoms with Gasteiger partial charge in [-0.2, -0.15) is 0 Å². The molecule has 0 aliphatic carbocycles. The van der Waals surface area contributed by atoms with E-state index in [1.54, 1.807) is 0 Å². The zero-order valence-corrected chi connectivity index (χ0v) is 12.4. The minimum Gasteiger partial charge on any atom is -0.357 e. The van der Waals surface area contributed by atoms with E-state index in [1.807, 2.05) is 0 Å². The summed E-state index contributed by atoms with van der Waals surface area (Å²) in [6.45, 7) is 8.81. The van der Waals surface area contributed by atoms with Gasteiger partial charge in [-0.25, -0.2) is 4.98 Å². The number of nitrogens with one attached hydrogen (secondary N) is 1. The highest BCUT2D eigenvalue weighted by Crippen LogP contribution is 2.21. The van der Waals surface area contributed by atoms with Gasteiger partial charge in [-0.05, 0) is 50.3 Å². The first-order chi connectivity index (χ1) is 9.29. The molecule has 0 radical (unpaired) electrons. The fourth-order valence-corrected chi connectivity index (χ4v) is 2.63. The van der Waals surface area contributed by atoms with Crippen LogP contribution in [0.15, 0.2) is 18.2 Å². The number of hydrogen-bond donors (Lipinski definition) is 1. The molecule has 1 fully saturated rings. The first-order valence-corrected chi connectivity index (χ1v) is 7.71. The van der Waals surface area contributed by atoms with Crippen LogP contribution in [0.3, 0.4) is 0 Å². The Morgan fingerprint density at radius 1 is 1.32 bits per heavy atom. The van der Waals surface area contributed by atoms with E-state index in [4.69, 9.17) is 4.98 Å². The number of rotatable bonds is 5. The Bertz CT molecular complexity index is 378. The zero-order chi connectivity index (χ0) is 13.5. The Kier molecular flexibility index (Phi) is 5.64. The smallest absolute Gasteiger partial charge is 0.128 e. The summed E-state index contributed by atoms with van der Waals surface area (Å²) < 4.78 is 0. The molecule has 1 atom stereocenters. The molecule has 19 heavy (non-hydrogen) atoms. The van der Waals surface area contributed by atoms with E-state index in [0.29, 0.717) is 0 Å². The molecule has 2 rings (SSSR count). The van der Waals surface area contributed by atoms with E-state index in [2.05, 4.69) is 42.3 Å². The van der Waals surface area contributed by atoms with Crippen molar-refractivity contribution in [3.8, 4) is 0 Å². The third-order valence-electron chi connectivity index (χ3n) is 3.87. The van der Waals surface area contributed by atoms with Crippen molar-refractivity contribution in [2.75, 3.05) is 24.5 Å². The van der Waals surface area contributed by atoms with Crippen LogP contribution >= 0.6 is 0 Å². The molecular weight excluding hydrogens is 234 g/mol. The van der Waals surface area contributed by atoms with Crippen LogP contribution in [0, 0.1) is 5.92 Å². The Balaban J connectivity index is 1.97. The van der Waals surface area contributed by atoms with Gasteiger partial charge in [0.05, 0.1) is 5.69 Å². The van der Waals surface area contributed by atoms with Crippen molar-refractivity contribution in [1.82, 2.24) is 10.3 Å². The zero-order valence-electron chi connectivity index (χ0n) is 12.4. The Labute approximate surface area is 117 Å². The molecule has 1 N–H and O–H groups in total. The van der Waals surface area contributed by atoms with Crippen molar-refractivity contribution in [1.29, 1.82) is 0 Å². The van der Waals surface area contributed by atoms with E-state index in [-0.39, 0.29) is 0 Å². The van der Waals surface area contributed by atoms with Crippen LogP contribution < -0.4 is 10.2 Å². The first kappa shape index (κ1) is 14.3. The fraction of sp³-hybridized carbons (Fsp3) is 0.688. The minimum atomic E-state index is 0.861. The SMILES string of the molecule is CCCNCc1cccc(N2CCCC(C)CC2)n1. The number of aromatic nitrogens is 1. The third kappa shape index (κ3) is 4.50.